The predicted octanol–water partition coefficient (Wildman–Crippen LogP) is -0.292. The highest BCUT2D eigenvalue weighted by atomic mass is 32.2. The Balaban J connectivity index is 2.12. The smallest absolute Gasteiger partial charge is 0.234 e. The Morgan fingerprint density at radius 2 is 2.23 bits per heavy atom. The lowest BCUT2D eigenvalue weighted by molar-refractivity contribution is 0.196. The van der Waals surface area contributed by atoms with Crippen molar-refractivity contribution in [1.29, 1.82) is 0 Å². The molecule has 1 aliphatic rings. The van der Waals surface area contributed by atoms with E-state index in [-0.39, 0.29) is 13.2 Å². The van der Waals surface area contributed by atoms with Crippen molar-refractivity contribution in [3.8, 4) is 5.88 Å². The molecule has 1 atom stereocenters. The standard InChI is InChI=1S/C13H22N4O4S/c1-16(2)22(19,20)11-4-3-5-17(10-11)12-8-14-9-13(15-12)21-7-6-18/h8-9,11,18H,3-7,10H2,1-2H3. The molecule has 1 N–H and O–H groups in total. The van der Waals surface area contributed by atoms with Crippen LogP contribution < -0.4 is 9.64 Å². The number of aliphatic hydroxyl groups is 1. The SMILES string of the molecule is CN(C)S(=O)(=O)C1CCCN(c2cncc(OCCO)n2)C1. The topological polar surface area (TPSA) is 95.9 Å². The van der Waals surface area contributed by atoms with E-state index in [1.807, 2.05) is 4.90 Å². The maximum Gasteiger partial charge on any atom is 0.234 e. The van der Waals surface area contributed by atoms with Crippen molar-refractivity contribution >= 4 is 15.8 Å². The van der Waals surface area contributed by atoms with Crippen LogP contribution >= 0.6 is 0 Å². The fourth-order valence-electron chi connectivity index (χ4n) is 2.40. The number of anilines is 1. The van der Waals surface area contributed by atoms with Crippen molar-refractivity contribution < 1.29 is 18.3 Å². The van der Waals surface area contributed by atoms with Gasteiger partial charge in [0.2, 0.25) is 15.9 Å². The molecule has 1 aliphatic heterocycles. The number of sulfonamides is 1. The molecular weight excluding hydrogens is 308 g/mol. The van der Waals surface area contributed by atoms with Gasteiger partial charge in [-0.3, -0.25) is 4.98 Å². The average Bonchev–Trinajstić information content (AvgIpc) is 2.53. The van der Waals surface area contributed by atoms with E-state index < -0.39 is 15.3 Å². The van der Waals surface area contributed by atoms with E-state index >= 15 is 0 Å². The maximum atomic E-state index is 12.3. The Hall–Kier alpha value is -1.45. The second-order valence-electron chi connectivity index (χ2n) is 5.33. The van der Waals surface area contributed by atoms with Crippen LogP contribution in [-0.2, 0) is 10.0 Å². The lowest BCUT2D eigenvalue weighted by Gasteiger charge is -2.34. The lowest BCUT2D eigenvalue weighted by Crippen LogP contribution is -2.46. The third-order valence-electron chi connectivity index (χ3n) is 3.57. The Morgan fingerprint density at radius 1 is 1.45 bits per heavy atom. The molecule has 0 bridgehead atoms. The van der Waals surface area contributed by atoms with Crippen LogP contribution in [0.2, 0.25) is 0 Å². The minimum absolute atomic E-state index is 0.0984. The van der Waals surface area contributed by atoms with Crippen LogP contribution in [0, 0.1) is 0 Å². The molecule has 22 heavy (non-hydrogen) atoms. The lowest BCUT2D eigenvalue weighted by atomic mass is 10.1. The molecule has 1 fully saturated rings. The molecule has 0 spiro atoms. The molecule has 0 aliphatic carbocycles. The van der Waals surface area contributed by atoms with E-state index in [4.69, 9.17) is 9.84 Å². The fraction of sp³-hybridized carbons (Fsp3) is 0.692. The van der Waals surface area contributed by atoms with Crippen molar-refractivity contribution in [3.63, 3.8) is 0 Å². The van der Waals surface area contributed by atoms with Crippen molar-refractivity contribution in [2.45, 2.75) is 18.1 Å². The normalized spacial score (nSPS) is 19.5. The second-order valence-corrected chi connectivity index (χ2v) is 7.75. The first-order valence-corrected chi connectivity index (χ1v) is 8.67. The number of ether oxygens (including phenoxy) is 1. The summed E-state index contributed by atoms with van der Waals surface area (Å²) in [6, 6.07) is 0. The van der Waals surface area contributed by atoms with Crippen LogP contribution in [0.15, 0.2) is 12.4 Å². The Kier molecular flexibility index (Phi) is 5.54. The largest absolute Gasteiger partial charge is 0.474 e. The fourth-order valence-corrected chi connectivity index (χ4v) is 3.83. The van der Waals surface area contributed by atoms with Crippen LogP contribution in [0.1, 0.15) is 12.8 Å². The van der Waals surface area contributed by atoms with Gasteiger partial charge in [-0.15, -0.1) is 0 Å². The van der Waals surface area contributed by atoms with Gasteiger partial charge in [-0.2, -0.15) is 4.98 Å². The summed E-state index contributed by atoms with van der Waals surface area (Å²) in [6.45, 7) is 1.17. The molecule has 1 saturated heterocycles. The van der Waals surface area contributed by atoms with Crippen LogP contribution in [0.25, 0.3) is 0 Å². The van der Waals surface area contributed by atoms with Crippen LogP contribution in [0.3, 0.4) is 0 Å². The van der Waals surface area contributed by atoms with Gasteiger partial charge >= 0.3 is 0 Å². The van der Waals surface area contributed by atoms with E-state index in [1.165, 1.54) is 10.5 Å². The van der Waals surface area contributed by atoms with Crippen LogP contribution in [0.4, 0.5) is 5.82 Å². The molecule has 1 aromatic rings. The zero-order valence-electron chi connectivity index (χ0n) is 12.8. The van der Waals surface area contributed by atoms with Gasteiger partial charge in [0.1, 0.15) is 6.61 Å². The average molecular weight is 330 g/mol. The number of aliphatic hydroxyl groups excluding tert-OH is 1. The van der Waals surface area contributed by atoms with Crippen LogP contribution in [-0.4, -0.2) is 73.4 Å². The zero-order valence-corrected chi connectivity index (χ0v) is 13.7. The monoisotopic (exact) mass is 330 g/mol. The van der Waals surface area contributed by atoms with Gasteiger partial charge in [-0.25, -0.2) is 12.7 Å². The van der Waals surface area contributed by atoms with Crippen LogP contribution in [0.5, 0.6) is 5.88 Å². The number of piperidine rings is 1. The molecule has 0 aromatic carbocycles. The first-order chi connectivity index (χ1) is 10.4. The highest BCUT2D eigenvalue weighted by Gasteiger charge is 2.32. The van der Waals surface area contributed by atoms with E-state index in [9.17, 15) is 8.42 Å². The molecular formula is C13H22N4O4S. The molecule has 2 rings (SSSR count). The van der Waals surface area contributed by atoms with E-state index in [1.54, 1.807) is 20.3 Å². The van der Waals surface area contributed by atoms with Gasteiger partial charge in [0.15, 0.2) is 5.82 Å². The highest BCUT2D eigenvalue weighted by Crippen LogP contribution is 2.23. The number of aromatic nitrogens is 2. The van der Waals surface area contributed by atoms with Gasteiger partial charge in [-0.1, -0.05) is 0 Å². The molecule has 1 aromatic heterocycles. The third kappa shape index (κ3) is 3.84. The van der Waals surface area contributed by atoms with Gasteiger partial charge in [0, 0.05) is 27.2 Å². The Morgan fingerprint density at radius 3 is 2.91 bits per heavy atom. The van der Waals surface area contributed by atoms with E-state index in [0.717, 1.165) is 13.0 Å². The maximum absolute atomic E-state index is 12.3. The number of rotatable bonds is 6. The minimum Gasteiger partial charge on any atom is -0.474 e. The Labute approximate surface area is 130 Å². The molecule has 0 radical (unpaired) electrons. The molecule has 8 nitrogen and oxygen atoms in total. The van der Waals surface area contributed by atoms with Gasteiger partial charge < -0.3 is 14.7 Å². The second kappa shape index (κ2) is 7.21. The van der Waals surface area contributed by atoms with Crippen molar-refractivity contribution in [2.24, 2.45) is 0 Å². The summed E-state index contributed by atoms with van der Waals surface area (Å²) in [7, 11) is -0.180. The summed E-state index contributed by atoms with van der Waals surface area (Å²) in [4.78, 5) is 10.3. The third-order valence-corrected chi connectivity index (χ3v) is 5.82. The van der Waals surface area contributed by atoms with Gasteiger partial charge in [0.25, 0.3) is 0 Å². The summed E-state index contributed by atoms with van der Waals surface area (Å²) < 4.78 is 31.1. The summed E-state index contributed by atoms with van der Waals surface area (Å²) in [5, 5.41) is 8.32. The van der Waals surface area contributed by atoms with Gasteiger partial charge in [-0.05, 0) is 12.8 Å². The number of hydrogen-bond donors (Lipinski definition) is 1. The first kappa shape index (κ1) is 16.9. The molecule has 2 heterocycles. The first-order valence-electron chi connectivity index (χ1n) is 7.17. The molecule has 0 amide bonds. The van der Waals surface area contributed by atoms with Crippen molar-refractivity contribution in [2.75, 3.05) is 45.3 Å². The molecule has 1 unspecified atom stereocenters. The Bertz CT molecular complexity index is 593. The van der Waals surface area contributed by atoms with Crippen molar-refractivity contribution in [3.05, 3.63) is 12.4 Å². The summed E-state index contributed by atoms with van der Waals surface area (Å²) >= 11 is 0. The highest BCUT2D eigenvalue weighted by molar-refractivity contribution is 7.89. The van der Waals surface area contributed by atoms with E-state index in [2.05, 4.69) is 9.97 Å². The van der Waals surface area contributed by atoms with Gasteiger partial charge in [0.05, 0.1) is 24.3 Å². The zero-order chi connectivity index (χ0) is 16.2. The molecule has 9 heteroatoms. The quantitative estimate of drug-likeness (QED) is 0.765. The minimum atomic E-state index is -3.29. The molecule has 124 valence electrons. The number of hydrogen-bond acceptors (Lipinski definition) is 7. The summed E-state index contributed by atoms with van der Waals surface area (Å²) in [6.07, 6.45) is 4.49. The van der Waals surface area contributed by atoms with Crippen molar-refractivity contribution in [1.82, 2.24) is 14.3 Å². The summed E-state index contributed by atoms with van der Waals surface area (Å²) in [5.74, 6) is 0.915. The molecule has 0 saturated carbocycles. The van der Waals surface area contributed by atoms with E-state index in [0.29, 0.717) is 24.7 Å². The summed E-state index contributed by atoms with van der Waals surface area (Å²) in [5.41, 5.74) is 0. The predicted molar refractivity (Wildman–Crippen MR) is 82.5 cm³/mol. The number of nitrogens with zero attached hydrogens (tertiary/aromatic N) is 4.